The Bertz CT molecular complexity index is 1410. The van der Waals surface area contributed by atoms with Gasteiger partial charge in [0.15, 0.2) is 6.10 Å². The maximum atomic E-state index is 12.8. The third kappa shape index (κ3) is 53.0. The summed E-state index contributed by atoms with van der Waals surface area (Å²) in [5.74, 6) is -1.01. The van der Waals surface area contributed by atoms with E-state index in [4.69, 9.17) is 14.2 Å². The highest BCUT2D eigenvalue weighted by atomic mass is 16.6. The lowest BCUT2D eigenvalue weighted by molar-refractivity contribution is -0.166. The molecule has 0 aliphatic rings. The molecule has 0 aromatic rings. The van der Waals surface area contributed by atoms with Gasteiger partial charge in [0, 0.05) is 19.3 Å². The summed E-state index contributed by atoms with van der Waals surface area (Å²) in [6, 6.07) is 0. The first-order valence-electron chi connectivity index (χ1n) is 27.9. The van der Waals surface area contributed by atoms with E-state index in [1.807, 2.05) is 12.2 Å². The van der Waals surface area contributed by atoms with Crippen molar-refractivity contribution in [3.8, 4) is 0 Å². The molecule has 0 spiro atoms. The lowest BCUT2D eigenvalue weighted by atomic mass is 10.1. The third-order valence-corrected chi connectivity index (χ3v) is 11.5. The fourth-order valence-electron chi connectivity index (χ4n) is 7.36. The molecule has 0 amide bonds. The lowest BCUT2D eigenvalue weighted by Gasteiger charge is -2.18. The van der Waals surface area contributed by atoms with Gasteiger partial charge >= 0.3 is 17.9 Å². The Labute approximate surface area is 419 Å². The van der Waals surface area contributed by atoms with Crippen LogP contribution in [0.15, 0.2) is 109 Å². The molecular formula is C62H102O6. The van der Waals surface area contributed by atoms with Crippen LogP contribution in [0.25, 0.3) is 0 Å². The summed E-state index contributed by atoms with van der Waals surface area (Å²) in [5, 5.41) is 0. The van der Waals surface area contributed by atoms with Gasteiger partial charge in [-0.1, -0.05) is 239 Å². The third-order valence-electron chi connectivity index (χ3n) is 11.5. The van der Waals surface area contributed by atoms with Crippen LogP contribution in [0.3, 0.4) is 0 Å². The molecule has 0 aliphatic heterocycles. The fraction of sp³-hybridized carbons (Fsp3) is 0.661. The topological polar surface area (TPSA) is 78.9 Å². The number of hydrogen-bond acceptors (Lipinski definition) is 6. The van der Waals surface area contributed by atoms with Crippen molar-refractivity contribution in [3.05, 3.63) is 109 Å². The summed E-state index contributed by atoms with van der Waals surface area (Å²) >= 11 is 0. The van der Waals surface area contributed by atoms with Crippen LogP contribution in [0.1, 0.15) is 245 Å². The lowest BCUT2D eigenvalue weighted by Crippen LogP contribution is -2.30. The van der Waals surface area contributed by atoms with E-state index in [0.717, 1.165) is 96.3 Å². The van der Waals surface area contributed by atoms with E-state index in [1.54, 1.807) is 0 Å². The highest BCUT2D eigenvalue weighted by Crippen LogP contribution is 2.14. The van der Waals surface area contributed by atoms with Gasteiger partial charge in [-0.3, -0.25) is 14.4 Å². The Morgan fingerprint density at radius 2 is 0.603 bits per heavy atom. The fourth-order valence-corrected chi connectivity index (χ4v) is 7.36. The van der Waals surface area contributed by atoms with Crippen LogP contribution in [0.4, 0.5) is 0 Å². The number of rotatable bonds is 49. The molecule has 0 heterocycles. The second kappa shape index (κ2) is 55.7. The van der Waals surface area contributed by atoms with Gasteiger partial charge in [-0.25, -0.2) is 0 Å². The maximum Gasteiger partial charge on any atom is 0.306 e. The molecule has 0 radical (unpaired) electrons. The molecule has 0 aromatic heterocycles. The Kier molecular flexibility index (Phi) is 52.4. The minimum atomic E-state index is -0.821. The van der Waals surface area contributed by atoms with Gasteiger partial charge in [-0.05, 0) is 96.3 Å². The second-order valence-electron chi connectivity index (χ2n) is 18.1. The molecule has 68 heavy (non-hydrogen) atoms. The Morgan fingerprint density at radius 1 is 0.309 bits per heavy atom. The molecule has 386 valence electrons. The standard InChI is InChI=1S/C62H102O6/c1-4-7-10-13-16-19-21-23-25-27-29-30-31-32-34-35-37-39-41-43-46-49-52-55-61(64)67-58-59(57-66-60(63)54-51-48-45-18-15-12-9-6-3)68-62(65)56-53-50-47-44-42-40-38-36-33-28-26-24-22-20-17-14-11-8-5-2/h8,11,17,20-21,23-24,26-27,29,31-33,36,40,42,47,50,59H,4-7,9-10,12-16,18-19,22,25,28,30,34-35,37-39,41,43-46,48-49,51-58H2,1-3H3/b11-8-,20-17-,23-21-,26-24-,29-27-,32-31-,36-33-,42-40-,50-47-. The van der Waals surface area contributed by atoms with Crippen LogP contribution >= 0.6 is 0 Å². The van der Waals surface area contributed by atoms with E-state index >= 15 is 0 Å². The van der Waals surface area contributed by atoms with E-state index in [0.29, 0.717) is 19.3 Å². The minimum Gasteiger partial charge on any atom is -0.462 e. The molecular weight excluding hydrogens is 841 g/mol. The van der Waals surface area contributed by atoms with Crippen molar-refractivity contribution in [2.24, 2.45) is 0 Å². The highest BCUT2D eigenvalue weighted by molar-refractivity contribution is 5.71. The van der Waals surface area contributed by atoms with E-state index in [2.05, 4.69) is 118 Å². The van der Waals surface area contributed by atoms with Crippen molar-refractivity contribution >= 4 is 17.9 Å². The van der Waals surface area contributed by atoms with Crippen molar-refractivity contribution in [2.45, 2.75) is 252 Å². The molecule has 0 aromatic carbocycles. The van der Waals surface area contributed by atoms with Gasteiger partial charge in [0.25, 0.3) is 0 Å². The van der Waals surface area contributed by atoms with Gasteiger partial charge < -0.3 is 14.2 Å². The first-order chi connectivity index (χ1) is 33.5. The zero-order chi connectivity index (χ0) is 49.3. The van der Waals surface area contributed by atoms with E-state index in [-0.39, 0.29) is 31.6 Å². The van der Waals surface area contributed by atoms with Gasteiger partial charge in [-0.2, -0.15) is 0 Å². The number of allylic oxidation sites excluding steroid dienone is 18. The van der Waals surface area contributed by atoms with Gasteiger partial charge in [0.2, 0.25) is 0 Å². The van der Waals surface area contributed by atoms with Crippen LogP contribution in [0.2, 0.25) is 0 Å². The average Bonchev–Trinajstić information content (AvgIpc) is 3.34. The van der Waals surface area contributed by atoms with Crippen molar-refractivity contribution in [1.29, 1.82) is 0 Å². The summed E-state index contributed by atoms with van der Waals surface area (Å²) in [5.41, 5.74) is 0. The summed E-state index contributed by atoms with van der Waals surface area (Å²) in [7, 11) is 0. The first-order valence-corrected chi connectivity index (χ1v) is 27.9. The molecule has 6 heteroatoms. The number of carbonyl (C=O) groups excluding carboxylic acids is 3. The predicted octanol–water partition coefficient (Wildman–Crippen LogP) is 18.7. The van der Waals surface area contributed by atoms with Crippen LogP contribution in [-0.2, 0) is 28.6 Å². The van der Waals surface area contributed by atoms with E-state index < -0.39 is 12.1 Å². The summed E-state index contributed by atoms with van der Waals surface area (Å²) in [6.07, 6.45) is 75.3. The van der Waals surface area contributed by atoms with Gasteiger partial charge in [0.05, 0.1) is 0 Å². The smallest absolute Gasteiger partial charge is 0.306 e. The van der Waals surface area contributed by atoms with Gasteiger partial charge in [-0.15, -0.1) is 0 Å². The van der Waals surface area contributed by atoms with E-state index in [9.17, 15) is 14.4 Å². The predicted molar refractivity (Wildman–Crippen MR) is 293 cm³/mol. The second-order valence-corrected chi connectivity index (χ2v) is 18.1. The van der Waals surface area contributed by atoms with Crippen LogP contribution in [0.5, 0.6) is 0 Å². The molecule has 0 saturated carbocycles. The number of hydrogen-bond donors (Lipinski definition) is 0. The number of unbranched alkanes of at least 4 members (excludes halogenated alkanes) is 20. The molecule has 0 N–H and O–H groups in total. The summed E-state index contributed by atoms with van der Waals surface area (Å²) in [4.78, 5) is 37.9. The van der Waals surface area contributed by atoms with Crippen molar-refractivity contribution < 1.29 is 28.6 Å². The van der Waals surface area contributed by atoms with Crippen molar-refractivity contribution in [1.82, 2.24) is 0 Å². The Morgan fingerprint density at radius 3 is 0.956 bits per heavy atom. The number of esters is 3. The molecule has 0 bridgehead atoms. The maximum absolute atomic E-state index is 12.8. The molecule has 6 nitrogen and oxygen atoms in total. The summed E-state index contributed by atoms with van der Waals surface area (Å²) < 4.78 is 16.7. The largest absolute Gasteiger partial charge is 0.462 e. The number of ether oxygens (including phenoxy) is 3. The van der Waals surface area contributed by atoms with Crippen molar-refractivity contribution in [3.63, 3.8) is 0 Å². The number of carbonyl (C=O) groups is 3. The Hall–Kier alpha value is -3.93. The molecule has 1 atom stereocenters. The van der Waals surface area contributed by atoms with Crippen LogP contribution in [0, 0.1) is 0 Å². The van der Waals surface area contributed by atoms with Crippen LogP contribution in [-0.4, -0.2) is 37.2 Å². The van der Waals surface area contributed by atoms with Crippen molar-refractivity contribution in [2.75, 3.05) is 13.2 Å². The van der Waals surface area contributed by atoms with Gasteiger partial charge in [0.1, 0.15) is 13.2 Å². The average molecular weight is 943 g/mol. The highest BCUT2D eigenvalue weighted by Gasteiger charge is 2.19. The molecule has 0 aliphatic carbocycles. The molecule has 0 fully saturated rings. The molecule has 1 unspecified atom stereocenters. The zero-order valence-corrected chi connectivity index (χ0v) is 44.1. The molecule has 0 saturated heterocycles. The Balaban J connectivity index is 4.38. The molecule has 0 rings (SSSR count). The summed E-state index contributed by atoms with van der Waals surface area (Å²) in [6.45, 7) is 6.41. The van der Waals surface area contributed by atoms with Crippen LogP contribution < -0.4 is 0 Å². The van der Waals surface area contributed by atoms with E-state index in [1.165, 1.54) is 103 Å². The first kappa shape index (κ1) is 64.1. The normalized spacial score (nSPS) is 12.9. The zero-order valence-electron chi connectivity index (χ0n) is 44.1. The SMILES string of the molecule is CC/C=C\C/C=C\C/C=C\C/C=C\C/C=C\C/C=C\CCC(=O)OC(COC(=O)CCCCCCCCCC)COC(=O)CCCCCCCCCC/C=C\C/C=C\C/C=C\CCCCCCC. The monoisotopic (exact) mass is 943 g/mol. The minimum absolute atomic E-state index is 0.111. The quantitative estimate of drug-likeness (QED) is 0.0262.